The predicted octanol–water partition coefficient (Wildman–Crippen LogP) is 3.87. The SMILES string of the molecule is O=C(CN(C1CCCCC1)S(=O)(=O)c1ccc(Br)cc1)NCc1ccc(S(=O)(=O)N2CCCC2)cc1. The Balaban J connectivity index is 1.42. The first-order valence-corrected chi connectivity index (χ1v) is 16.0. The van der Waals surface area contributed by atoms with Crippen LogP contribution in [0.3, 0.4) is 0 Å². The molecule has 0 radical (unpaired) electrons. The van der Waals surface area contributed by atoms with Crippen LogP contribution in [0.15, 0.2) is 62.8 Å². The topological polar surface area (TPSA) is 104 Å². The van der Waals surface area contributed by atoms with Crippen LogP contribution >= 0.6 is 15.9 Å². The lowest BCUT2D eigenvalue weighted by Gasteiger charge is -2.33. The molecular formula is C25H32BrN3O5S2. The van der Waals surface area contributed by atoms with Crippen molar-refractivity contribution in [1.29, 1.82) is 0 Å². The molecular weight excluding hydrogens is 566 g/mol. The molecule has 1 amide bonds. The number of amides is 1. The number of halogens is 1. The molecule has 8 nitrogen and oxygen atoms in total. The minimum Gasteiger partial charge on any atom is -0.351 e. The molecule has 1 aliphatic carbocycles. The van der Waals surface area contributed by atoms with Gasteiger partial charge in [0.05, 0.1) is 16.3 Å². The molecule has 1 heterocycles. The maximum atomic E-state index is 13.5. The molecule has 2 aromatic rings. The van der Waals surface area contributed by atoms with E-state index in [4.69, 9.17) is 0 Å². The number of rotatable bonds is 9. The van der Waals surface area contributed by atoms with Crippen LogP contribution < -0.4 is 5.32 Å². The third-order valence-electron chi connectivity index (χ3n) is 6.82. The van der Waals surface area contributed by atoms with Crippen LogP contribution in [0.2, 0.25) is 0 Å². The summed E-state index contributed by atoms with van der Waals surface area (Å²) in [6.07, 6.45) is 6.15. The summed E-state index contributed by atoms with van der Waals surface area (Å²) in [5.41, 5.74) is 0.740. The van der Waals surface area contributed by atoms with E-state index < -0.39 is 26.0 Å². The van der Waals surface area contributed by atoms with Crippen LogP contribution in [0, 0.1) is 0 Å². The Morgan fingerprint density at radius 2 is 1.44 bits per heavy atom. The van der Waals surface area contributed by atoms with Crippen molar-refractivity contribution in [3.05, 3.63) is 58.6 Å². The number of nitrogens with zero attached hydrogens (tertiary/aromatic N) is 2. The first-order valence-electron chi connectivity index (χ1n) is 12.3. The molecule has 0 bridgehead atoms. The average molecular weight is 599 g/mol. The first kappa shape index (κ1) is 27.3. The molecule has 36 heavy (non-hydrogen) atoms. The maximum absolute atomic E-state index is 13.5. The fourth-order valence-corrected chi connectivity index (χ4v) is 8.20. The molecule has 0 spiro atoms. The highest BCUT2D eigenvalue weighted by atomic mass is 79.9. The lowest BCUT2D eigenvalue weighted by atomic mass is 9.95. The Kier molecular flexibility index (Phi) is 8.87. The smallest absolute Gasteiger partial charge is 0.243 e. The zero-order valence-corrected chi connectivity index (χ0v) is 23.3. The molecule has 0 unspecified atom stereocenters. The number of carbonyl (C=O) groups excluding carboxylic acids is 1. The zero-order chi connectivity index (χ0) is 25.8. The van der Waals surface area contributed by atoms with Gasteiger partial charge >= 0.3 is 0 Å². The van der Waals surface area contributed by atoms with Crippen molar-refractivity contribution >= 4 is 41.9 Å². The summed E-state index contributed by atoms with van der Waals surface area (Å²) >= 11 is 3.33. The highest BCUT2D eigenvalue weighted by molar-refractivity contribution is 9.10. The van der Waals surface area contributed by atoms with Gasteiger partial charge in [0.25, 0.3) is 0 Å². The Hall–Kier alpha value is -1.79. The van der Waals surface area contributed by atoms with Crippen LogP contribution in [0.25, 0.3) is 0 Å². The molecule has 0 aromatic heterocycles. The van der Waals surface area contributed by atoms with Crippen LogP contribution in [-0.2, 0) is 31.4 Å². The molecule has 196 valence electrons. The summed E-state index contributed by atoms with van der Waals surface area (Å²) in [7, 11) is -7.34. The molecule has 2 aromatic carbocycles. The average Bonchev–Trinajstić information content (AvgIpc) is 3.43. The van der Waals surface area contributed by atoms with E-state index in [1.54, 1.807) is 48.5 Å². The van der Waals surface area contributed by atoms with E-state index in [9.17, 15) is 21.6 Å². The number of sulfonamides is 2. The van der Waals surface area contributed by atoms with E-state index in [2.05, 4.69) is 21.2 Å². The summed E-state index contributed by atoms with van der Waals surface area (Å²) in [6, 6.07) is 12.7. The number of hydrogen-bond acceptors (Lipinski definition) is 5. The maximum Gasteiger partial charge on any atom is 0.243 e. The minimum absolute atomic E-state index is 0.166. The van der Waals surface area contributed by atoms with Crippen molar-refractivity contribution in [3.63, 3.8) is 0 Å². The molecule has 1 N–H and O–H groups in total. The van der Waals surface area contributed by atoms with Gasteiger partial charge in [0, 0.05) is 30.1 Å². The first-order chi connectivity index (χ1) is 17.2. The second-order valence-corrected chi connectivity index (χ2v) is 14.1. The molecule has 2 fully saturated rings. The fourth-order valence-electron chi connectivity index (χ4n) is 4.78. The van der Waals surface area contributed by atoms with Gasteiger partial charge < -0.3 is 5.32 Å². The number of nitrogens with one attached hydrogen (secondary N) is 1. The normalized spacial score (nSPS) is 17.9. The predicted molar refractivity (Wildman–Crippen MR) is 141 cm³/mol. The Labute approximate surface area is 222 Å². The second-order valence-electron chi connectivity index (χ2n) is 9.33. The summed E-state index contributed by atoms with van der Waals surface area (Å²) in [6.45, 7) is 1.01. The van der Waals surface area contributed by atoms with Gasteiger partial charge in [-0.25, -0.2) is 16.8 Å². The quantitative estimate of drug-likeness (QED) is 0.472. The van der Waals surface area contributed by atoms with Gasteiger partial charge in [0.1, 0.15) is 0 Å². The standard InChI is InChI=1S/C25H32BrN3O5S2/c26-21-10-14-24(15-11-21)36(33,34)29(22-6-2-1-3-7-22)19-25(30)27-18-20-8-12-23(13-9-20)35(31,32)28-16-4-5-17-28/h8-15,22H,1-7,16-19H2,(H,27,30). The number of carbonyl (C=O) groups is 1. The summed E-state index contributed by atoms with van der Waals surface area (Å²) in [4.78, 5) is 13.3. The molecule has 11 heteroatoms. The Morgan fingerprint density at radius 1 is 0.861 bits per heavy atom. The van der Waals surface area contributed by atoms with Crippen molar-refractivity contribution in [2.24, 2.45) is 0 Å². The van der Waals surface area contributed by atoms with Crippen LogP contribution in [0.5, 0.6) is 0 Å². The number of hydrogen-bond donors (Lipinski definition) is 1. The van der Waals surface area contributed by atoms with Gasteiger partial charge in [-0.05, 0) is 67.6 Å². The summed E-state index contributed by atoms with van der Waals surface area (Å²) < 4.78 is 56.0. The molecule has 1 aliphatic heterocycles. The molecule has 4 rings (SSSR count). The highest BCUT2D eigenvalue weighted by Crippen LogP contribution is 2.28. The van der Waals surface area contributed by atoms with Gasteiger partial charge in [-0.2, -0.15) is 8.61 Å². The molecule has 0 atom stereocenters. The molecule has 2 aliphatic rings. The van der Waals surface area contributed by atoms with Gasteiger partial charge in [-0.15, -0.1) is 0 Å². The van der Waals surface area contributed by atoms with E-state index in [0.29, 0.717) is 13.1 Å². The second kappa shape index (κ2) is 11.7. The van der Waals surface area contributed by atoms with Crippen molar-refractivity contribution in [2.75, 3.05) is 19.6 Å². The van der Waals surface area contributed by atoms with Crippen molar-refractivity contribution in [2.45, 2.75) is 67.3 Å². The van der Waals surface area contributed by atoms with Crippen LogP contribution in [0.4, 0.5) is 0 Å². The third kappa shape index (κ3) is 6.36. The van der Waals surface area contributed by atoms with Gasteiger partial charge in [0.15, 0.2) is 0 Å². The molecule has 1 saturated carbocycles. The van der Waals surface area contributed by atoms with E-state index >= 15 is 0 Å². The monoisotopic (exact) mass is 597 g/mol. The van der Waals surface area contributed by atoms with Crippen LogP contribution in [-0.4, -0.2) is 57.0 Å². The van der Waals surface area contributed by atoms with Gasteiger partial charge in [0.2, 0.25) is 26.0 Å². The highest BCUT2D eigenvalue weighted by Gasteiger charge is 2.34. The summed E-state index contributed by atoms with van der Waals surface area (Å²) in [5.74, 6) is -0.393. The van der Waals surface area contributed by atoms with E-state index in [1.165, 1.54) is 8.61 Å². The summed E-state index contributed by atoms with van der Waals surface area (Å²) in [5, 5.41) is 2.80. The largest absolute Gasteiger partial charge is 0.351 e. The van der Waals surface area contributed by atoms with Gasteiger partial charge in [-0.3, -0.25) is 4.79 Å². The lowest BCUT2D eigenvalue weighted by molar-refractivity contribution is -0.121. The third-order valence-corrected chi connectivity index (χ3v) is 11.2. The molecule has 1 saturated heterocycles. The Morgan fingerprint density at radius 3 is 2.06 bits per heavy atom. The lowest BCUT2D eigenvalue weighted by Crippen LogP contribution is -2.46. The minimum atomic E-state index is -3.85. The van der Waals surface area contributed by atoms with Crippen molar-refractivity contribution in [3.8, 4) is 0 Å². The van der Waals surface area contributed by atoms with Gasteiger partial charge in [-0.1, -0.05) is 47.3 Å². The van der Waals surface area contributed by atoms with Crippen molar-refractivity contribution in [1.82, 2.24) is 13.9 Å². The van der Waals surface area contributed by atoms with Crippen LogP contribution in [0.1, 0.15) is 50.5 Å². The van der Waals surface area contributed by atoms with E-state index in [-0.39, 0.29) is 28.9 Å². The zero-order valence-electron chi connectivity index (χ0n) is 20.1. The van der Waals surface area contributed by atoms with E-state index in [0.717, 1.165) is 55.0 Å². The van der Waals surface area contributed by atoms with Crippen molar-refractivity contribution < 1.29 is 21.6 Å². The van der Waals surface area contributed by atoms with E-state index in [1.807, 2.05) is 0 Å². The number of benzene rings is 2. The Bertz CT molecular complexity index is 1250. The fraction of sp³-hybridized carbons (Fsp3) is 0.480.